The summed E-state index contributed by atoms with van der Waals surface area (Å²) < 4.78 is 32.0. The van der Waals surface area contributed by atoms with Crippen LogP contribution in [0.1, 0.15) is 79.6 Å². The standard InChI is InChI=1S/C29H40ClN5O7S/c1-27(2,3)42-26(39)32-21(16-36)28(4,5)43(40,41)29(12-13-29)17-35-14-11-20-22(33-34(6)23(20)25(35)38)24(37)31-15-18-7-9-19(30)10-8-18/h7-10,21,36H,11-17H2,1-6H3,(H,31,37)(H,32,39)/t21-/m1/s1. The molecule has 43 heavy (non-hydrogen) atoms. The number of aliphatic hydroxyl groups excluding tert-OH is 1. The summed E-state index contributed by atoms with van der Waals surface area (Å²) in [4.78, 5) is 40.6. The van der Waals surface area contributed by atoms with Gasteiger partial charge in [0.2, 0.25) is 0 Å². The number of hydrogen-bond acceptors (Lipinski definition) is 8. The molecule has 2 heterocycles. The maximum atomic E-state index is 14.1. The second-order valence-electron chi connectivity index (χ2n) is 12.8. The smallest absolute Gasteiger partial charge is 0.408 e. The van der Waals surface area contributed by atoms with Crippen molar-refractivity contribution >= 4 is 39.3 Å². The van der Waals surface area contributed by atoms with E-state index in [1.807, 2.05) is 0 Å². The van der Waals surface area contributed by atoms with Crippen LogP contribution in [0.5, 0.6) is 0 Å². The molecule has 1 aromatic carbocycles. The van der Waals surface area contributed by atoms with Gasteiger partial charge in [0.15, 0.2) is 15.5 Å². The number of hydrogen-bond donors (Lipinski definition) is 3. The van der Waals surface area contributed by atoms with Crippen LogP contribution >= 0.6 is 11.6 Å². The van der Waals surface area contributed by atoms with Gasteiger partial charge < -0.3 is 25.4 Å². The summed E-state index contributed by atoms with van der Waals surface area (Å²) in [5.74, 6) is -0.818. The molecular formula is C29H40ClN5O7S. The summed E-state index contributed by atoms with van der Waals surface area (Å²) in [6, 6.07) is 5.93. The molecular weight excluding hydrogens is 598 g/mol. The van der Waals surface area contributed by atoms with Gasteiger partial charge in [-0.3, -0.25) is 14.3 Å². The van der Waals surface area contributed by atoms with Crippen molar-refractivity contribution < 1.29 is 32.6 Å². The third kappa shape index (κ3) is 6.53. The Balaban J connectivity index is 1.49. The van der Waals surface area contributed by atoms with Crippen LogP contribution in [0.4, 0.5) is 4.79 Å². The number of nitrogens with zero attached hydrogens (tertiary/aromatic N) is 3. The van der Waals surface area contributed by atoms with E-state index in [0.717, 1.165) is 5.56 Å². The lowest BCUT2D eigenvalue weighted by atomic mass is 10.0. The molecule has 1 aliphatic heterocycles. The second-order valence-corrected chi connectivity index (χ2v) is 16.1. The highest BCUT2D eigenvalue weighted by molar-refractivity contribution is 7.94. The number of carbonyl (C=O) groups excluding carboxylic acids is 3. The van der Waals surface area contributed by atoms with Crippen molar-refractivity contribution in [2.45, 2.75) is 81.6 Å². The SMILES string of the molecule is Cn1nc(C(=O)NCc2ccc(Cl)cc2)c2c1C(=O)N(CC1(S(=O)(=O)C(C)(C)[C@@H](CO)NC(=O)OC(C)(C)C)CC1)CC2. The van der Waals surface area contributed by atoms with Crippen LogP contribution in [-0.4, -0.2) is 86.9 Å². The zero-order valence-corrected chi connectivity index (χ0v) is 26.9. The van der Waals surface area contributed by atoms with Crippen molar-refractivity contribution in [2.24, 2.45) is 7.05 Å². The summed E-state index contributed by atoms with van der Waals surface area (Å²) >= 11 is 5.93. The van der Waals surface area contributed by atoms with Crippen LogP contribution < -0.4 is 10.6 Å². The molecule has 2 aliphatic rings. The summed E-state index contributed by atoms with van der Waals surface area (Å²) in [6.07, 6.45) is 0.174. The quantitative estimate of drug-likeness (QED) is 0.358. The number of aromatic nitrogens is 2. The number of rotatable bonds is 10. The third-order valence-electron chi connectivity index (χ3n) is 8.11. The highest BCUT2D eigenvalue weighted by Gasteiger charge is 2.62. The molecule has 14 heteroatoms. The van der Waals surface area contributed by atoms with Crippen molar-refractivity contribution in [3.63, 3.8) is 0 Å². The minimum absolute atomic E-state index is 0.0507. The van der Waals surface area contributed by atoms with Crippen LogP contribution in [0.3, 0.4) is 0 Å². The molecule has 3 amide bonds. The Morgan fingerprint density at radius 1 is 1.16 bits per heavy atom. The molecule has 0 spiro atoms. The topological polar surface area (TPSA) is 160 Å². The molecule has 2 aromatic rings. The zero-order valence-electron chi connectivity index (χ0n) is 25.4. The first-order chi connectivity index (χ1) is 19.9. The van der Waals surface area contributed by atoms with Gasteiger partial charge in [-0.1, -0.05) is 23.7 Å². The van der Waals surface area contributed by atoms with E-state index in [1.165, 1.54) is 23.4 Å². The monoisotopic (exact) mass is 637 g/mol. The van der Waals surface area contributed by atoms with E-state index < -0.39 is 55.5 Å². The van der Waals surface area contributed by atoms with Crippen molar-refractivity contribution in [1.29, 1.82) is 0 Å². The van der Waals surface area contributed by atoms with E-state index in [1.54, 1.807) is 52.1 Å². The molecule has 236 valence electrons. The van der Waals surface area contributed by atoms with Crippen molar-refractivity contribution in [2.75, 3.05) is 19.7 Å². The van der Waals surface area contributed by atoms with E-state index in [4.69, 9.17) is 16.3 Å². The third-order valence-corrected chi connectivity index (χ3v) is 11.7. The Hall–Kier alpha value is -3.16. The average Bonchev–Trinajstić information content (AvgIpc) is 3.63. The van der Waals surface area contributed by atoms with E-state index in [-0.39, 0.29) is 31.0 Å². The average molecular weight is 638 g/mol. The van der Waals surface area contributed by atoms with Gasteiger partial charge in [0, 0.05) is 37.3 Å². The Bertz CT molecular complexity index is 1510. The van der Waals surface area contributed by atoms with Gasteiger partial charge in [0.1, 0.15) is 11.3 Å². The van der Waals surface area contributed by atoms with Gasteiger partial charge in [0.25, 0.3) is 11.8 Å². The molecule has 1 fully saturated rings. The molecule has 1 aromatic heterocycles. The lowest BCUT2D eigenvalue weighted by Gasteiger charge is -2.39. The lowest BCUT2D eigenvalue weighted by Crippen LogP contribution is -2.60. The number of fused-ring (bicyclic) bond motifs is 1. The number of benzene rings is 1. The fourth-order valence-corrected chi connectivity index (χ4v) is 8.12. The lowest BCUT2D eigenvalue weighted by molar-refractivity contribution is 0.0468. The number of aryl methyl sites for hydroxylation is 1. The molecule has 0 unspecified atom stereocenters. The summed E-state index contributed by atoms with van der Waals surface area (Å²) in [5.41, 5.74) is 0.977. The number of sulfone groups is 1. The van der Waals surface area contributed by atoms with Crippen LogP contribution in [0.15, 0.2) is 24.3 Å². The van der Waals surface area contributed by atoms with E-state index in [0.29, 0.717) is 29.8 Å². The number of amides is 3. The molecule has 1 aliphatic carbocycles. The van der Waals surface area contributed by atoms with Crippen LogP contribution in [-0.2, 0) is 34.6 Å². The number of nitrogens with one attached hydrogen (secondary N) is 2. The Morgan fingerprint density at radius 3 is 2.35 bits per heavy atom. The number of ether oxygens (including phenoxy) is 1. The summed E-state index contributed by atoms with van der Waals surface area (Å²) in [7, 11) is -2.42. The first kappa shape index (κ1) is 32.7. The molecule has 4 rings (SSSR count). The number of halogens is 1. The van der Waals surface area contributed by atoms with Gasteiger partial charge in [0.05, 0.1) is 22.1 Å². The number of aliphatic hydroxyl groups is 1. The Morgan fingerprint density at radius 2 is 1.79 bits per heavy atom. The predicted octanol–water partition coefficient (Wildman–Crippen LogP) is 2.61. The van der Waals surface area contributed by atoms with Crippen molar-refractivity contribution in [3.05, 3.63) is 51.8 Å². The molecule has 0 saturated heterocycles. The molecule has 12 nitrogen and oxygen atoms in total. The van der Waals surface area contributed by atoms with E-state index in [2.05, 4.69) is 15.7 Å². The minimum Gasteiger partial charge on any atom is -0.444 e. The first-order valence-corrected chi connectivity index (χ1v) is 16.0. The van der Waals surface area contributed by atoms with Crippen LogP contribution in [0.25, 0.3) is 0 Å². The van der Waals surface area contributed by atoms with Gasteiger partial charge in [-0.15, -0.1) is 0 Å². The summed E-state index contributed by atoms with van der Waals surface area (Å²) in [5, 5.41) is 20.3. The van der Waals surface area contributed by atoms with Gasteiger partial charge >= 0.3 is 6.09 Å². The van der Waals surface area contributed by atoms with Gasteiger partial charge in [-0.2, -0.15) is 5.10 Å². The minimum atomic E-state index is -4.00. The maximum Gasteiger partial charge on any atom is 0.408 e. The predicted molar refractivity (Wildman–Crippen MR) is 161 cm³/mol. The molecule has 1 atom stereocenters. The molecule has 1 saturated carbocycles. The molecule has 0 radical (unpaired) electrons. The number of alkyl carbamates (subject to hydrolysis) is 1. The Labute approximate surface area is 257 Å². The Kier molecular flexibility index (Phi) is 8.94. The van der Waals surface area contributed by atoms with Crippen LogP contribution in [0.2, 0.25) is 5.02 Å². The molecule has 3 N–H and O–H groups in total. The second kappa shape index (κ2) is 11.7. The van der Waals surface area contributed by atoms with Gasteiger partial charge in [-0.25, -0.2) is 13.2 Å². The largest absolute Gasteiger partial charge is 0.444 e. The fourth-order valence-electron chi connectivity index (χ4n) is 5.41. The zero-order chi connectivity index (χ0) is 32.0. The van der Waals surface area contributed by atoms with Crippen LogP contribution in [0, 0.1) is 0 Å². The van der Waals surface area contributed by atoms with Gasteiger partial charge in [-0.05, 0) is 71.6 Å². The summed E-state index contributed by atoms with van der Waals surface area (Å²) in [6.45, 7) is 7.78. The highest BCUT2D eigenvalue weighted by Crippen LogP contribution is 2.50. The fraction of sp³-hybridized carbons (Fsp3) is 0.586. The van der Waals surface area contributed by atoms with E-state index >= 15 is 0 Å². The van der Waals surface area contributed by atoms with Crippen molar-refractivity contribution in [1.82, 2.24) is 25.3 Å². The van der Waals surface area contributed by atoms with E-state index in [9.17, 15) is 27.9 Å². The normalized spacial score (nSPS) is 17.2. The first-order valence-electron chi connectivity index (χ1n) is 14.1. The molecule has 0 bridgehead atoms. The van der Waals surface area contributed by atoms with Crippen molar-refractivity contribution in [3.8, 4) is 0 Å². The maximum absolute atomic E-state index is 14.1. The highest BCUT2D eigenvalue weighted by atomic mass is 35.5. The number of carbonyl (C=O) groups is 3.